The molecule has 1 fully saturated rings. The van der Waals surface area contributed by atoms with E-state index in [9.17, 15) is 32.3 Å². The molecule has 19 heteroatoms. The first-order valence-corrected chi connectivity index (χ1v) is 18.1. The van der Waals surface area contributed by atoms with Gasteiger partial charge in [-0.1, -0.05) is 26.0 Å². The first-order chi connectivity index (χ1) is 26.7. The van der Waals surface area contributed by atoms with Gasteiger partial charge >= 0.3 is 18.5 Å². The monoisotopic (exact) mass is 787 g/mol. The number of likely N-dealkylation sites (tertiary alicyclic amines) is 1. The number of hydrogen-bond donors (Lipinski definition) is 6. The lowest BCUT2D eigenvalue weighted by atomic mass is 9.86. The van der Waals surface area contributed by atoms with Crippen LogP contribution in [0.1, 0.15) is 73.9 Å². The van der Waals surface area contributed by atoms with Crippen molar-refractivity contribution in [3.63, 3.8) is 0 Å². The number of rotatable bonds is 13. The van der Waals surface area contributed by atoms with Gasteiger partial charge in [0.1, 0.15) is 23.5 Å². The van der Waals surface area contributed by atoms with Crippen LogP contribution in [0, 0.1) is 5.92 Å². The summed E-state index contributed by atoms with van der Waals surface area (Å²) in [6.45, 7) is 4.78. The second-order valence-electron chi connectivity index (χ2n) is 13.6. The molecule has 0 aromatic carbocycles. The summed E-state index contributed by atoms with van der Waals surface area (Å²) in [4.78, 5) is 63.3. The normalized spacial score (nSPS) is 19.1. The Labute approximate surface area is 320 Å². The number of alkyl halides is 3. The zero-order valence-electron chi connectivity index (χ0n) is 31.3. The van der Waals surface area contributed by atoms with Gasteiger partial charge in [0.05, 0.1) is 42.4 Å². The van der Waals surface area contributed by atoms with Crippen LogP contribution in [0.5, 0.6) is 0 Å². The van der Waals surface area contributed by atoms with E-state index in [1.54, 1.807) is 23.2 Å². The van der Waals surface area contributed by atoms with Gasteiger partial charge in [0.15, 0.2) is 0 Å². The number of hydrogen-bond acceptors (Lipinski definition) is 9. The molecule has 0 saturated carbocycles. The second kappa shape index (κ2) is 18.3. The number of H-pyrrole nitrogens is 1. The average Bonchev–Trinajstić information content (AvgIpc) is 3.87. The van der Waals surface area contributed by atoms with E-state index < -0.39 is 42.8 Å². The zero-order chi connectivity index (χ0) is 40.6. The van der Waals surface area contributed by atoms with Crippen LogP contribution >= 0.6 is 0 Å². The van der Waals surface area contributed by atoms with Crippen molar-refractivity contribution in [2.45, 2.75) is 70.5 Å². The number of imidazole rings is 1. The van der Waals surface area contributed by atoms with Gasteiger partial charge in [0.2, 0.25) is 5.91 Å². The highest BCUT2D eigenvalue weighted by atomic mass is 19.4. The van der Waals surface area contributed by atoms with Crippen molar-refractivity contribution in [2.75, 3.05) is 39.1 Å². The minimum absolute atomic E-state index is 0.00167. The van der Waals surface area contributed by atoms with Gasteiger partial charge < -0.3 is 41.2 Å². The van der Waals surface area contributed by atoms with E-state index >= 15 is 4.39 Å². The second-order valence-corrected chi connectivity index (χ2v) is 13.6. The van der Waals surface area contributed by atoms with Gasteiger partial charge in [0, 0.05) is 39.3 Å². The number of aromatic nitrogens is 3. The number of halogens is 4. The fourth-order valence-electron chi connectivity index (χ4n) is 6.65. The largest absolute Gasteiger partial charge is 0.523 e. The smallest absolute Gasteiger partial charge is 0.453 e. The Hall–Kier alpha value is -5.72. The zero-order valence-corrected chi connectivity index (χ0v) is 31.3. The average molecular weight is 788 g/mol. The van der Waals surface area contributed by atoms with Crippen molar-refractivity contribution >= 4 is 35.3 Å². The Morgan fingerprint density at radius 1 is 1.05 bits per heavy atom. The van der Waals surface area contributed by atoms with Crippen molar-refractivity contribution < 1.29 is 46.2 Å². The number of alkyl carbamates (subject to hydrolysis) is 1. The number of anilines is 1. The van der Waals surface area contributed by atoms with E-state index in [0.29, 0.717) is 55.4 Å². The lowest BCUT2D eigenvalue weighted by molar-refractivity contribution is -0.337. The first kappa shape index (κ1) is 41.4. The van der Waals surface area contributed by atoms with Crippen LogP contribution in [0.15, 0.2) is 65.4 Å². The summed E-state index contributed by atoms with van der Waals surface area (Å²) in [5.41, 5.74) is 1.58. The lowest BCUT2D eigenvalue weighted by Gasteiger charge is -2.30. The molecule has 3 aliphatic rings. The van der Waals surface area contributed by atoms with Crippen LogP contribution in [0.3, 0.4) is 0 Å². The minimum atomic E-state index is -5.04. The molecule has 0 spiro atoms. The molecule has 5 amide bonds. The van der Waals surface area contributed by atoms with Gasteiger partial charge in [-0.3, -0.25) is 14.3 Å². The molecule has 2 aliphatic carbocycles. The number of carbonyl (C=O) groups is 4. The molecule has 15 nitrogen and oxygen atoms in total. The molecule has 3 unspecified atom stereocenters. The molecular formula is C37H45F4N9O6. The van der Waals surface area contributed by atoms with E-state index in [0.717, 1.165) is 18.1 Å². The third-order valence-electron chi connectivity index (χ3n) is 9.52. The summed E-state index contributed by atoms with van der Waals surface area (Å²) in [5.74, 6) is -1.16. The van der Waals surface area contributed by atoms with Gasteiger partial charge in [-0.25, -0.2) is 23.9 Å². The summed E-state index contributed by atoms with van der Waals surface area (Å²) in [7, 11) is 2.71. The minimum Gasteiger partial charge on any atom is -0.453 e. The molecule has 3 heterocycles. The molecule has 1 saturated heterocycles. The first-order valence-electron chi connectivity index (χ1n) is 18.1. The number of nitrogens with zero attached hydrogens (tertiary/aromatic N) is 3. The Morgan fingerprint density at radius 2 is 1.80 bits per heavy atom. The predicted octanol–water partition coefficient (Wildman–Crippen LogP) is 5.14. The van der Waals surface area contributed by atoms with E-state index in [4.69, 9.17) is 4.74 Å². The highest BCUT2D eigenvalue weighted by Crippen LogP contribution is 2.39. The molecule has 5 rings (SSSR count). The van der Waals surface area contributed by atoms with Crippen LogP contribution in [-0.2, 0) is 14.3 Å². The number of nitrogens with one attached hydrogen (secondary N) is 6. The van der Waals surface area contributed by atoms with Gasteiger partial charge in [0.25, 0.3) is 5.91 Å². The highest BCUT2D eigenvalue weighted by Gasteiger charge is 2.40. The standard InChI is InChI=1S/C37H45F4N9O6/c1-20(2)31(49-36(54)55-4)34(52)50-15-5-6-28(50)32-46-19-27(47-32)22-9-7-21(8-10-22)24-16-25(38)26(17-29(24)56-37(39,40)41)48-33(51)23-11-12-30(45-18-23)43-13-14-44-35(53)42-3/h7,9,11-12,16,18-20,28-29,31H,5-6,8,10,13-15,17H2,1-4H3,(H,43,45)(H,46,47)(H,48,51)(H,49,54)(H2,42,44,53). The molecule has 0 bridgehead atoms. The SMILES string of the molecule is CNC(=O)NCCNc1ccc(C(=O)NC2=C(F)C=C(C3=CC=C(c4cnc(C5CCCN5C(=O)C(NC(=O)OC)C(C)C)[nH]4)CC3)C(OC(F)(F)F)C2)cn1. The highest BCUT2D eigenvalue weighted by molar-refractivity contribution is 5.95. The molecule has 0 radical (unpaired) electrons. The molecule has 1 aliphatic heterocycles. The van der Waals surface area contributed by atoms with Crippen molar-refractivity contribution in [3.8, 4) is 0 Å². The van der Waals surface area contributed by atoms with Crippen LogP contribution in [0.25, 0.3) is 5.57 Å². The van der Waals surface area contributed by atoms with E-state index in [1.807, 2.05) is 13.8 Å². The number of aromatic amines is 1. The number of methoxy groups -OCH3 is 1. The van der Waals surface area contributed by atoms with Gasteiger partial charge in [-0.05, 0) is 66.5 Å². The fourth-order valence-corrected chi connectivity index (χ4v) is 6.65. The van der Waals surface area contributed by atoms with E-state index in [-0.39, 0.29) is 47.2 Å². The van der Waals surface area contributed by atoms with E-state index in [1.165, 1.54) is 32.5 Å². The van der Waals surface area contributed by atoms with E-state index in [2.05, 4.69) is 46.3 Å². The van der Waals surface area contributed by atoms with Crippen LogP contribution in [-0.4, -0.2) is 96.1 Å². The Kier molecular flexibility index (Phi) is 13.5. The summed E-state index contributed by atoms with van der Waals surface area (Å²) in [6.07, 6.45) is 1.22. The lowest BCUT2D eigenvalue weighted by Crippen LogP contribution is -2.51. The molecule has 3 atom stereocenters. The fraction of sp³-hybridized carbons (Fsp3) is 0.459. The van der Waals surface area contributed by atoms with Crippen molar-refractivity contribution in [1.29, 1.82) is 0 Å². The van der Waals surface area contributed by atoms with Gasteiger partial charge in [-0.2, -0.15) is 0 Å². The summed E-state index contributed by atoms with van der Waals surface area (Å²) in [5, 5.41) is 13.0. The van der Waals surface area contributed by atoms with Crippen LogP contribution < -0.4 is 26.6 Å². The van der Waals surface area contributed by atoms with Crippen molar-refractivity contribution in [2.24, 2.45) is 5.92 Å². The molecule has 2 aromatic rings. The van der Waals surface area contributed by atoms with Crippen LogP contribution in [0.4, 0.5) is 33.0 Å². The number of amides is 5. The summed E-state index contributed by atoms with van der Waals surface area (Å²) in [6, 6.07) is 1.42. The van der Waals surface area contributed by atoms with Crippen LogP contribution in [0.2, 0.25) is 0 Å². The maximum absolute atomic E-state index is 15.5. The number of urea groups is 1. The molecular weight excluding hydrogens is 742 g/mol. The third-order valence-corrected chi connectivity index (χ3v) is 9.52. The molecule has 302 valence electrons. The maximum atomic E-state index is 15.5. The Balaban J connectivity index is 1.28. The predicted molar refractivity (Wildman–Crippen MR) is 196 cm³/mol. The Bertz CT molecular complexity index is 1910. The summed E-state index contributed by atoms with van der Waals surface area (Å²) < 4.78 is 65.5. The number of allylic oxidation sites excluding steroid dienone is 5. The van der Waals surface area contributed by atoms with Crippen molar-refractivity contribution in [3.05, 3.63) is 82.5 Å². The molecule has 6 N–H and O–H groups in total. The molecule has 56 heavy (non-hydrogen) atoms. The quantitative estimate of drug-likeness (QED) is 0.118. The molecule has 2 aromatic heterocycles. The summed E-state index contributed by atoms with van der Waals surface area (Å²) >= 11 is 0. The maximum Gasteiger partial charge on any atom is 0.523 e. The number of pyridine rings is 1. The third kappa shape index (κ3) is 10.5. The number of ether oxygens (including phenoxy) is 2. The van der Waals surface area contributed by atoms with Crippen molar-refractivity contribution in [1.82, 2.24) is 41.1 Å². The number of carbonyl (C=O) groups excluding carboxylic acids is 4. The topological polar surface area (TPSA) is 192 Å². The Morgan fingerprint density at radius 3 is 2.45 bits per heavy atom. The van der Waals surface area contributed by atoms with Gasteiger partial charge in [-0.15, -0.1) is 13.2 Å².